The van der Waals surface area contributed by atoms with Crippen LogP contribution in [0.15, 0.2) is 35.3 Å². The third kappa shape index (κ3) is 9.57. The van der Waals surface area contributed by atoms with E-state index in [0.717, 1.165) is 54.0 Å². The van der Waals surface area contributed by atoms with Crippen molar-refractivity contribution in [2.45, 2.75) is 85.1 Å². The maximum atomic E-state index is 13.7. The second-order valence-electron chi connectivity index (χ2n) is 11.3. The first-order valence-electron chi connectivity index (χ1n) is 15.1. The lowest BCUT2D eigenvalue weighted by molar-refractivity contribution is -0.124. The topological polar surface area (TPSA) is 104 Å². The van der Waals surface area contributed by atoms with Crippen LogP contribution < -0.4 is 10.6 Å². The number of hydrogen-bond acceptors (Lipinski definition) is 6. The molecule has 0 bridgehead atoms. The second-order valence-corrected chi connectivity index (χ2v) is 12.4. The zero-order valence-electron chi connectivity index (χ0n) is 25.4. The van der Waals surface area contributed by atoms with E-state index in [0.29, 0.717) is 31.0 Å². The van der Waals surface area contributed by atoms with Gasteiger partial charge in [0.1, 0.15) is 0 Å². The number of amides is 3. The number of carbonyl (C=O) groups excluding carboxylic acids is 3. The largest absolute Gasteiger partial charge is 0.351 e. The van der Waals surface area contributed by atoms with E-state index >= 15 is 0 Å². The molecular formula is C32H47N5O3S. The summed E-state index contributed by atoms with van der Waals surface area (Å²) >= 11 is 1.58. The number of benzene rings is 1. The van der Waals surface area contributed by atoms with Crippen LogP contribution in [0.4, 0.5) is 0 Å². The molecule has 0 saturated heterocycles. The molecule has 8 nitrogen and oxygen atoms in total. The van der Waals surface area contributed by atoms with Crippen LogP contribution in [0.5, 0.6) is 0 Å². The summed E-state index contributed by atoms with van der Waals surface area (Å²) in [6.45, 7) is 16.7. The van der Waals surface area contributed by atoms with E-state index in [1.807, 2.05) is 6.07 Å². The monoisotopic (exact) mass is 581 g/mol. The fourth-order valence-corrected chi connectivity index (χ4v) is 6.28. The summed E-state index contributed by atoms with van der Waals surface area (Å²) in [7, 11) is 0. The minimum Gasteiger partial charge on any atom is -0.351 e. The first kappa shape index (κ1) is 32.6. The molecule has 1 saturated carbocycles. The summed E-state index contributed by atoms with van der Waals surface area (Å²) in [4.78, 5) is 49.5. The molecular weight excluding hydrogens is 534 g/mol. The van der Waals surface area contributed by atoms with E-state index < -0.39 is 5.92 Å². The van der Waals surface area contributed by atoms with E-state index in [1.165, 1.54) is 11.8 Å². The Bertz CT molecular complexity index is 1230. The lowest BCUT2D eigenvalue weighted by Crippen LogP contribution is -2.50. The molecule has 3 amide bonds. The fourth-order valence-electron chi connectivity index (χ4n) is 5.20. The minimum atomic E-state index is -0.645. The van der Waals surface area contributed by atoms with Gasteiger partial charge in [-0.15, -0.1) is 11.3 Å². The highest BCUT2D eigenvalue weighted by atomic mass is 32.1. The molecule has 0 spiro atoms. The first-order chi connectivity index (χ1) is 19.6. The quantitative estimate of drug-likeness (QED) is 0.220. The van der Waals surface area contributed by atoms with Crippen LogP contribution in [-0.4, -0.2) is 66.0 Å². The molecule has 2 atom stereocenters. The van der Waals surface area contributed by atoms with Gasteiger partial charge < -0.3 is 10.6 Å². The Morgan fingerprint density at radius 3 is 2.51 bits per heavy atom. The third-order valence-electron chi connectivity index (χ3n) is 7.96. The number of rotatable bonds is 15. The van der Waals surface area contributed by atoms with Crippen molar-refractivity contribution in [1.82, 2.24) is 20.5 Å². The lowest BCUT2D eigenvalue weighted by Gasteiger charge is -2.27. The number of thiazole rings is 1. The van der Waals surface area contributed by atoms with Crippen molar-refractivity contribution in [3.05, 3.63) is 40.9 Å². The van der Waals surface area contributed by atoms with Crippen LogP contribution in [0.1, 0.15) is 83.2 Å². The minimum absolute atomic E-state index is 0.184. The molecule has 41 heavy (non-hydrogen) atoms. The molecule has 9 heteroatoms. The van der Waals surface area contributed by atoms with Gasteiger partial charge in [0.2, 0.25) is 17.7 Å². The van der Waals surface area contributed by atoms with E-state index in [4.69, 9.17) is 4.98 Å². The van der Waals surface area contributed by atoms with Crippen molar-refractivity contribution in [3.8, 4) is 0 Å². The van der Waals surface area contributed by atoms with Crippen molar-refractivity contribution < 1.29 is 14.4 Å². The molecule has 1 aromatic carbocycles. The molecule has 1 aliphatic rings. The number of carbonyl (C=O) groups is 3. The van der Waals surface area contributed by atoms with Crippen molar-refractivity contribution in [1.29, 1.82) is 0 Å². The molecule has 0 radical (unpaired) electrons. The van der Waals surface area contributed by atoms with Crippen molar-refractivity contribution in [2.24, 2.45) is 16.8 Å². The zero-order chi connectivity index (χ0) is 29.9. The van der Waals surface area contributed by atoms with Crippen LogP contribution in [0, 0.1) is 11.8 Å². The lowest BCUT2D eigenvalue weighted by atomic mass is 9.96. The smallest absolute Gasteiger partial charge is 0.247 e. The SMILES string of the molecule is C=C(CN(CC)CC)C(=O)NC[C@@H](NC(=O)C(C=NC(=O)CC)Cc1nc2ccc(C(C)C)cc2s1)C1CCCC1. The molecule has 224 valence electrons. The van der Waals surface area contributed by atoms with E-state index in [2.05, 4.69) is 66.9 Å². The summed E-state index contributed by atoms with van der Waals surface area (Å²) < 4.78 is 1.09. The standard InChI is InChI=1S/C32H47N5O3S/c1-7-29(38)33-18-25(17-30-35-26-15-14-24(21(4)5)16-28(26)41-30)32(40)36-27(23-12-10-11-13-23)19-34-31(39)22(6)20-37(8-2)9-3/h14-16,18,21,23,25,27H,6-13,17,19-20H2,1-5H3,(H,34,39)(H,36,40)/t25?,27-/m1/s1. The fraction of sp³-hybridized carbons (Fsp3) is 0.594. The number of aliphatic imine (C=N–C) groups is 1. The highest BCUT2D eigenvalue weighted by Gasteiger charge is 2.30. The predicted octanol–water partition coefficient (Wildman–Crippen LogP) is 5.28. The molecule has 1 fully saturated rings. The molecule has 0 aliphatic heterocycles. The Balaban J connectivity index is 1.75. The Morgan fingerprint density at radius 2 is 1.88 bits per heavy atom. The number of hydrogen-bond donors (Lipinski definition) is 2. The van der Waals surface area contributed by atoms with Crippen LogP contribution in [0.2, 0.25) is 0 Å². The van der Waals surface area contributed by atoms with Crippen molar-refractivity contribution >= 4 is 45.5 Å². The Hall–Kier alpha value is -2.91. The van der Waals surface area contributed by atoms with Gasteiger partial charge in [-0.25, -0.2) is 9.98 Å². The molecule has 1 unspecified atom stereocenters. The average molecular weight is 582 g/mol. The Kier molecular flexibility index (Phi) is 12.7. The number of likely N-dealkylation sites (N-methyl/N-ethyl adjacent to an activating group) is 1. The van der Waals surface area contributed by atoms with Crippen LogP contribution in [-0.2, 0) is 20.8 Å². The van der Waals surface area contributed by atoms with Gasteiger partial charge in [0.15, 0.2) is 0 Å². The number of nitrogens with one attached hydrogen (secondary N) is 2. The molecule has 1 heterocycles. The Labute approximate surface area is 249 Å². The number of aromatic nitrogens is 1. The van der Waals surface area contributed by atoms with E-state index in [9.17, 15) is 14.4 Å². The van der Waals surface area contributed by atoms with E-state index in [1.54, 1.807) is 18.3 Å². The van der Waals surface area contributed by atoms with Crippen LogP contribution >= 0.6 is 11.3 Å². The molecule has 2 aromatic rings. The number of fused-ring (bicyclic) bond motifs is 1. The van der Waals surface area contributed by atoms with Gasteiger partial charge in [0, 0.05) is 43.8 Å². The van der Waals surface area contributed by atoms with E-state index in [-0.39, 0.29) is 36.1 Å². The molecule has 3 rings (SSSR count). The first-order valence-corrected chi connectivity index (χ1v) is 15.9. The second kappa shape index (κ2) is 15.9. The summed E-state index contributed by atoms with van der Waals surface area (Å²) in [5.74, 6) is -0.600. The van der Waals surface area contributed by atoms with Gasteiger partial charge in [-0.2, -0.15) is 0 Å². The maximum absolute atomic E-state index is 13.7. The van der Waals surface area contributed by atoms with Gasteiger partial charge in [-0.05, 0) is 55.5 Å². The van der Waals surface area contributed by atoms with Crippen LogP contribution in [0.3, 0.4) is 0 Å². The molecule has 1 aromatic heterocycles. The maximum Gasteiger partial charge on any atom is 0.247 e. The Morgan fingerprint density at radius 1 is 1.17 bits per heavy atom. The van der Waals surface area contributed by atoms with Gasteiger partial charge in [0.25, 0.3) is 0 Å². The number of nitrogens with zero attached hydrogens (tertiary/aromatic N) is 3. The highest BCUT2D eigenvalue weighted by molar-refractivity contribution is 7.18. The highest BCUT2D eigenvalue weighted by Crippen LogP contribution is 2.29. The van der Waals surface area contributed by atoms with Gasteiger partial charge >= 0.3 is 0 Å². The van der Waals surface area contributed by atoms with Crippen molar-refractivity contribution in [3.63, 3.8) is 0 Å². The van der Waals surface area contributed by atoms with Gasteiger partial charge in [0.05, 0.1) is 21.1 Å². The zero-order valence-corrected chi connectivity index (χ0v) is 26.2. The van der Waals surface area contributed by atoms with Crippen molar-refractivity contribution in [2.75, 3.05) is 26.2 Å². The summed E-state index contributed by atoms with van der Waals surface area (Å²) in [5.41, 5.74) is 2.68. The van der Waals surface area contributed by atoms with Gasteiger partial charge in [-0.3, -0.25) is 19.3 Å². The predicted molar refractivity (Wildman–Crippen MR) is 169 cm³/mol. The molecule has 2 N–H and O–H groups in total. The third-order valence-corrected chi connectivity index (χ3v) is 9.01. The average Bonchev–Trinajstić information content (AvgIpc) is 3.65. The summed E-state index contributed by atoms with van der Waals surface area (Å²) in [6.07, 6.45) is 6.34. The summed E-state index contributed by atoms with van der Waals surface area (Å²) in [6, 6.07) is 6.08. The van der Waals surface area contributed by atoms with Crippen LogP contribution in [0.25, 0.3) is 10.2 Å². The molecule has 1 aliphatic carbocycles. The normalized spacial score (nSPS) is 15.6. The summed E-state index contributed by atoms with van der Waals surface area (Å²) in [5, 5.41) is 7.07. The van der Waals surface area contributed by atoms with Gasteiger partial charge in [-0.1, -0.05) is 60.1 Å².